The van der Waals surface area contributed by atoms with E-state index in [-0.39, 0.29) is 5.91 Å². The van der Waals surface area contributed by atoms with Gasteiger partial charge in [-0.05, 0) is 12.5 Å². The lowest BCUT2D eigenvalue weighted by Crippen LogP contribution is -2.13. The monoisotopic (exact) mass is 217 g/mol. The van der Waals surface area contributed by atoms with Gasteiger partial charge < -0.3 is 5.32 Å². The molecular formula is C10H11N5O. The normalized spacial score (nSPS) is 10.1. The molecule has 16 heavy (non-hydrogen) atoms. The maximum Gasteiger partial charge on any atom is 0.258 e. The predicted molar refractivity (Wildman–Crippen MR) is 58.0 cm³/mol. The molecule has 2 aromatic heterocycles. The molecule has 0 aromatic carbocycles. The van der Waals surface area contributed by atoms with Crippen molar-refractivity contribution < 1.29 is 4.79 Å². The number of anilines is 1. The minimum atomic E-state index is -0.228. The first-order chi connectivity index (χ1) is 7.81. The van der Waals surface area contributed by atoms with E-state index in [1.165, 1.54) is 12.4 Å². The summed E-state index contributed by atoms with van der Waals surface area (Å²) in [6.07, 6.45) is 5.39. The number of carbonyl (C=O) groups excluding carboxylic acids is 1. The third-order valence-corrected chi connectivity index (χ3v) is 2.18. The zero-order valence-corrected chi connectivity index (χ0v) is 8.77. The maximum absolute atomic E-state index is 11.8. The summed E-state index contributed by atoms with van der Waals surface area (Å²) in [6, 6.07) is 1.60. The van der Waals surface area contributed by atoms with Crippen molar-refractivity contribution in [1.29, 1.82) is 0 Å². The van der Waals surface area contributed by atoms with Gasteiger partial charge in [-0.2, -0.15) is 15.3 Å². The standard InChI is InChI=1S/C10H11N5O/c1-2-7-5-13-15-9(7)14-10(16)8-3-4-11-12-6-8/h3-6H,2H2,1H3,(H2,13,14,15,16). The third-order valence-electron chi connectivity index (χ3n) is 2.18. The first kappa shape index (κ1) is 10.3. The Morgan fingerprint density at radius 1 is 1.44 bits per heavy atom. The predicted octanol–water partition coefficient (Wildman–Crippen LogP) is 1.01. The maximum atomic E-state index is 11.8. The molecule has 1 amide bonds. The van der Waals surface area contributed by atoms with Gasteiger partial charge in [0.2, 0.25) is 0 Å². The van der Waals surface area contributed by atoms with Gasteiger partial charge in [-0.15, -0.1) is 0 Å². The highest BCUT2D eigenvalue weighted by atomic mass is 16.1. The number of nitrogens with one attached hydrogen (secondary N) is 2. The lowest BCUT2D eigenvalue weighted by Gasteiger charge is -2.03. The van der Waals surface area contributed by atoms with Crippen molar-refractivity contribution in [3.8, 4) is 0 Å². The van der Waals surface area contributed by atoms with E-state index in [1.807, 2.05) is 6.92 Å². The quantitative estimate of drug-likeness (QED) is 0.803. The largest absolute Gasteiger partial charge is 0.307 e. The van der Waals surface area contributed by atoms with E-state index in [0.717, 1.165) is 12.0 Å². The average Bonchev–Trinajstić information content (AvgIpc) is 2.77. The number of rotatable bonds is 3. The molecule has 0 aliphatic heterocycles. The molecule has 0 aliphatic carbocycles. The number of carbonyl (C=O) groups is 1. The highest BCUT2D eigenvalue weighted by Gasteiger charge is 2.09. The van der Waals surface area contributed by atoms with Crippen LogP contribution in [0.3, 0.4) is 0 Å². The summed E-state index contributed by atoms with van der Waals surface area (Å²) in [5.74, 6) is 0.401. The lowest BCUT2D eigenvalue weighted by atomic mass is 10.2. The molecule has 0 saturated carbocycles. The van der Waals surface area contributed by atoms with E-state index < -0.39 is 0 Å². The van der Waals surface area contributed by atoms with Crippen molar-refractivity contribution in [1.82, 2.24) is 20.4 Å². The van der Waals surface area contributed by atoms with Crippen LogP contribution in [0.25, 0.3) is 0 Å². The van der Waals surface area contributed by atoms with Gasteiger partial charge in [-0.25, -0.2) is 0 Å². The van der Waals surface area contributed by atoms with Gasteiger partial charge in [0.15, 0.2) is 0 Å². The van der Waals surface area contributed by atoms with Crippen LogP contribution < -0.4 is 5.32 Å². The Kier molecular flexibility index (Phi) is 2.90. The van der Waals surface area contributed by atoms with Gasteiger partial charge in [0.25, 0.3) is 5.91 Å². The molecular weight excluding hydrogens is 206 g/mol. The number of aryl methyl sites for hydroxylation is 1. The molecule has 2 heterocycles. The molecule has 0 fully saturated rings. The first-order valence-electron chi connectivity index (χ1n) is 4.91. The molecule has 0 saturated heterocycles. The second-order valence-electron chi connectivity index (χ2n) is 3.21. The van der Waals surface area contributed by atoms with Gasteiger partial charge >= 0.3 is 0 Å². The van der Waals surface area contributed by atoms with Crippen molar-refractivity contribution in [2.75, 3.05) is 5.32 Å². The number of hydrogen-bond donors (Lipinski definition) is 2. The molecule has 2 aromatic rings. The average molecular weight is 217 g/mol. The summed E-state index contributed by atoms with van der Waals surface area (Å²) in [4.78, 5) is 11.8. The van der Waals surface area contributed by atoms with E-state index in [1.54, 1.807) is 12.3 Å². The van der Waals surface area contributed by atoms with Crippen molar-refractivity contribution in [2.45, 2.75) is 13.3 Å². The van der Waals surface area contributed by atoms with Crippen molar-refractivity contribution in [3.05, 3.63) is 35.8 Å². The summed E-state index contributed by atoms with van der Waals surface area (Å²) in [5, 5.41) is 16.6. The minimum Gasteiger partial charge on any atom is -0.307 e. The Labute approximate surface area is 92.1 Å². The second kappa shape index (κ2) is 4.52. The highest BCUT2D eigenvalue weighted by Crippen LogP contribution is 2.12. The summed E-state index contributed by atoms with van der Waals surface area (Å²) in [5.41, 5.74) is 1.43. The lowest BCUT2D eigenvalue weighted by molar-refractivity contribution is 0.102. The molecule has 0 bridgehead atoms. The Bertz CT molecular complexity index is 479. The molecule has 0 unspecified atom stereocenters. The topological polar surface area (TPSA) is 83.6 Å². The summed E-state index contributed by atoms with van der Waals surface area (Å²) >= 11 is 0. The van der Waals surface area contributed by atoms with Crippen LogP contribution in [0.5, 0.6) is 0 Å². The number of amides is 1. The number of aromatic nitrogens is 4. The molecule has 0 aliphatic rings. The molecule has 0 radical (unpaired) electrons. The van der Waals surface area contributed by atoms with Gasteiger partial charge in [0, 0.05) is 5.56 Å². The first-order valence-corrected chi connectivity index (χ1v) is 4.91. The van der Waals surface area contributed by atoms with E-state index in [2.05, 4.69) is 25.7 Å². The van der Waals surface area contributed by atoms with Crippen LogP contribution in [-0.4, -0.2) is 26.3 Å². The molecule has 2 rings (SSSR count). The second-order valence-corrected chi connectivity index (χ2v) is 3.21. The molecule has 0 spiro atoms. The van der Waals surface area contributed by atoms with Crippen LogP contribution in [-0.2, 0) is 6.42 Å². The number of nitrogens with zero attached hydrogens (tertiary/aromatic N) is 3. The van der Waals surface area contributed by atoms with Crippen LogP contribution in [0, 0.1) is 0 Å². The Morgan fingerprint density at radius 3 is 3.00 bits per heavy atom. The summed E-state index contributed by atoms with van der Waals surface area (Å²) in [7, 11) is 0. The van der Waals surface area contributed by atoms with Crippen LogP contribution in [0.2, 0.25) is 0 Å². The fourth-order valence-corrected chi connectivity index (χ4v) is 1.30. The van der Waals surface area contributed by atoms with Crippen molar-refractivity contribution >= 4 is 11.7 Å². The molecule has 0 atom stereocenters. The van der Waals surface area contributed by atoms with Crippen LogP contribution in [0.4, 0.5) is 5.82 Å². The van der Waals surface area contributed by atoms with Gasteiger partial charge in [-0.3, -0.25) is 9.89 Å². The van der Waals surface area contributed by atoms with E-state index in [4.69, 9.17) is 0 Å². The minimum absolute atomic E-state index is 0.228. The van der Waals surface area contributed by atoms with E-state index >= 15 is 0 Å². The zero-order valence-electron chi connectivity index (χ0n) is 8.77. The molecule has 6 nitrogen and oxygen atoms in total. The Hall–Kier alpha value is -2.24. The summed E-state index contributed by atoms with van der Waals surface area (Å²) in [6.45, 7) is 1.99. The van der Waals surface area contributed by atoms with Gasteiger partial charge in [0.1, 0.15) is 5.82 Å². The number of H-pyrrole nitrogens is 1. The smallest absolute Gasteiger partial charge is 0.258 e. The molecule has 82 valence electrons. The molecule has 2 N–H and O–H groups in total. The van der Waals surface area contributed by atoms with Crippen LogP contribution >= 0.6 is 0 Å². The number of aromatic amines is 1. The van der Waals surface area contributed by atoms with Crippen molar-refractivity contribution in [3.63, 3.8) is 0 Å². The fourth-order valence-electron chi connectivity index (χ4n) is 1.30. The van der Waals surface area contributed by atoms with Crippen LogP contribution in [0.15, 0.2) is 24.7 Å². The summed E-state index contributed by atoms with van der Waals surface area (Å²) < 4.78 is 0. The van der Waals surface area contributed by atoms with Crippen LogP contribution in [0.1, 0.15) is 22.8 Å². The Balaban J connectivity index is 2.14. The third kappa shape index (κ3) is 2.05. The number of hydrogen-bond acceptors (Lipinski definition) is 4. The fraction of sp³-hybridized carbons (Fsp3) is 0.200. The van der Waals surface area contributed by atoms with E-state index in [9.17, 15) is 4.79 Å². The van der Waals surface area contributed by atoms with Gasteiger partial charge in [0.05, 0.1) is 24.2 Å². The SMILES string of the molecule is CCc1cn[nH]c1NC(=O)c1ccnnc1. The van der Waals surface area contributed by atoms with Gasteiger partial charge in [-0.1, -0.05) is 6.92 Å². The molecule has 6 heteroatoms. The van der Waals surface area contributed by atoms with Crippen molar-refractivity contribution in [2.24, 2.45) is 0 Å². The van der Waals surface area contributed by atoms with E-state index in [0.29, 0.717) is 11.4 Å². The Morgan fingerprint density at radius 2 is 2.31 bits per heavy atom. The highest BCUT2D eigenvalue weighted by molar-refractivity contribution is 6.03. The zero-order chi connectivity index (χ0) is 11.4.